The Balaban J connectivity index is 0.930. The van der Waals surface area contributed by atoms with E-state index in [0.29, 0.717) is 18.9 Å². The number of aromatic amines is 2. The molecule has 3 aromatic carbocycles. The van der Waals surface area contributed by atoms with Crippen molar-refractivity contribution in [3.8, 4) is 33.9 Å². The van der Waals surface area contributed by atoms with Crippen molar-refractivity contribution in [1.29, 1.82) is 0 Å². The molecule has 286 valence electrons. The van der Waals surface area contributed by atoms with Gasteiger partial charge in [0.15, 0.2) is 5.82 Å². The van der Waals surface area contributed by atoms with Crippen molar-refractivity contribution in [2.75, 3.05) is 41.3 Å². The Morgan fingerprint density at radius 2 is 1.00 bits per heavy atom. The minimum atomic E-state index is -0.361. The van der Waals surface area contributed by atoms with E-state index in [1.807, 2.05) is 139 Å². The number of likely N-dealkylation sites (N-methyl/N-ethyl adjacent to an activating group) is 2. The Bertz CT molecular complexity index is 2090. The fourth-order valence-electron chi connectivity index (χ4n) is 8.26. The first-order valence-electron chi connectivity index (χ1n) is 19.3. The number of rotatable bonds is 11. The van der Waals surface area contributed by atoms with Crippen LogP contribution >= 0.6 is 0 Å². The summed E-state index contributed by atoms with van der Waals surface area (Å²) in [6.07, 6.45) is 10.8. The van der Waals surface area contributed by atoms with Crippen LogP contribution in [0.15, 0.2) is 110 Å². The Labute approximate surface area is 327 Å². The molecule has 8 rings (SSSR count). The van der Waals surface area contributed by atoms with Crippen LogP contribution in [0.1, 0.15) is 72.6 Å². The molecule has 3 aromatic heterocycles. The van der Waals surface area contributed by atoms with E-state index in [1.54, 1.807) is 18.6 Å². The number of aromatic nitrogens is 6. The van der Waals surface area contributed by atoms with E-state index in [2.05, 4.69) is 9.97 Å². The van der Waals surface area contributed by atoms with Crippen LogP contribution in [0.4, 0.5) is 0 Å². The number of carbonyl (C=O) groups excluding carboxylic acids is 2. The van der Waals surface area contributed by atoms with Gasteiger partial charge < -0.3 is 19.8 Å². The van der Waals surface area contributed by atoms with E-state index in [4.69, 9.17) is 19.9 Å². The molecule has 12 heteroatoms. The minimum absolute atomic E-state index is 0.0816. The number of H-pyrrole nitrogens is 2. The molecule has 0 aliphatic carbocycles. The molecule has 0 radical (unpaired) electrons. The first-order chi connectivity index (χ1) is 27.3. The fourth-order valence-corrected chi connectivity index (χ4v) is 8.26. The SMILES string of the molecule is CN(C)[C@@H](C(=O)N1CCC[C@@H]1c1ncc(-c2ccc(-c3ncc(-c4cnc([C@H]5CCCN5C(=O)[C@@H](c5ccccc5)N(C)C)[nH]4)cn3)cc2)[nH]1)c1ccccc1. The van der Waals surface area contributed by atoms with Crippen molar-refractivity contribution in [3.63, 3.8) is 0 Å². The summed E-state index contributed by atoms with van der Waals surface area (Å²) in [7, 11) is 7.80. The molecular weight excluding hydrogens is 701 g/mol. The van der Waals surface area contributed by atoms with Crippen molar-refractivity contribution < 1.29 is 9.59 Å². The quantitative estimate of drug-likeness (QED) is 0.147. The van der Waals surface area contributed by atoms with Gasteiger partial charge in [0.1, 0.15) is 23.7 Å². The zero-order chi connectivity index (χ0) is 38.8. The molecule has 0 bridgehead atoms. The van der Waals surface area contributed by atoms with Gasteiger partial charge in [-0.25, -0.2) is 19.9 Å². The van der Waals surface area contributed by atoms with E-state index in [-0.39, 0.29) is 36.0 Å². The Hall–Kier alpha value is -5.98. The van der Waals surface area contributed by atoms with Crippen LogP contribution in [0.3, 0.4) is 0 Å². The first kappa shape index (κ1) is 37.0. The second-order valence-corrected chi connectivity index (χ2v) is 15.2. The summed E-state index contributed by atoms with van der Waals surface area (Å²) in [5.41, 5.74) is 6.37. The van der Waals surface area contributed by atoms with E-state index in [1.165, 1.54) is 0 Å². The van der Waals surface area contributed by atoms with Gasteiger partial charge >= 0.3 is 0 Å². The van der Waals surface area contributed by atoms with Gasteiger partial charge in [0, 0.05) is 36.6 Å². The molecule has 12 nitrogen and oxygen atoms in total. The molecule has 4 atom stereocenters. The van der Waals surface area contributed by atoms with Crippen LogP contribution < -0.4 is 0 Å². The lowest BCUT2D eigenvalue weighted by atomic mass is 10.0. The molecule has 6 aromatic rings. The lowest BCUT2D eigenvalue weighted by molar-refractivity contribution is -0.138. The summed E-state index contributed by atoms with van der Waals surface area (Å²) in [6, 6.07) is 27.0. The van der Waals surface area contributed by atoms with E-state index in [0.717, 1.165) is 76.5 Å². The summed E-state index contributed by atoms with van der Waals surface area (Å²) in [5.74, 6) is 2.36. The van der Waals surface area contributed by atoms with E-state index < -0.39 is 0 Å². The molecule has 56 heavy (non-hydrogen) atoms. The van der Waals surface area contributed by atoms with Crippen LogP contribution in [0.2, 0.25) is 0 Å². The third-order valence-corrected chi connectivity index (χ3v) is 11.0. The van der Waals surface area contributed by atoms with Crippen molar-refractivity contribution in [3.05, 3.63) is 132 Å². The average molecular weight is 749 g/mol. The summed E-state index contributed by atoms with van der Waals surface area (Å²) >= 11 is 0. The number of imidazole rings is 2. The minimum Gasteiger partial charge on any atom is -0.340 e. The van der Waals surface area contributed by atoms with Crippen LogP contribution in [-0.4, -0.2) is 103 Å². The zero-order valence-electron chi connectivity index (χ0n) is 32.3. The van der Waals surface area contributed by atoms with Crippen molar-refractivity contribution in [1.82, 2.24) is 49.5 Å². The normalized spacial score (nSPS) is 18.2. The third-order valence-electron chi connectivity index (χ3n) is 11.0. The number of nitrogens with zero attached hydrogens (tertiary/aromatic N) is 8. The number of carbonyl (C=O) groups is 2. The van der Waals surface area contributed by atoms with Crippen LogP contribution in [-0.2, 0) is 9.59 Å². The summed E-state index contributed by atoms with van der Waals surface area (Å²) < 4.78 is 0. The predicted molar refractivity (Wildman–Crippen MR) is 216 cm³/mol. The van der Waals surface area contributed by atoms with E-state index >= 15 is 0 Å². The molecule has 2 N–H and O–H groups in total. The number of amides is 2. The lowest BCUT2D eigenvalue weighted by Crippen LogP contribution is -2.40. The monoisotopic (exact) mass is 748 g/mol. The highest BCUT2D eigenvalue weighted by molar-refractivity contribution is 5.84. The molecule has 2 fully saturated rings. The van der Waals surface area contributed by atoms with Crippen LogP contribution in [0.25, 0.3) is 33.9 Å². The summed E-state index contributed by atoms with van der Waals surface area (Å²) in [6.45, 7) is 1.40. The van der Waals surface area contributed by atoms with Gasteiger partial charge in [0.25, 0.3) is 0 Å². The Morgan fingerprint density at radius 3 is 1.45 bits per heavy atom. The zero-order valence-corrected chi connectivity index (χ0v) is 32.3. The molecule has 2 saturated heterocycles. The third kappa shape index (κ3) is 7.37. The molecular formula is C44H48N10O2. The molecule has 5 heterocycles. The molecule has 2 aliphatic rings. The van der Waals surface area contributed by atoms with Gasteiger partial charge in [-0.2, -0.15) is 0 Å². The van der Waals surface area contributed by atoms with Gasteiger partial charge in [-0.3, -0.25) is 19.4 Å². The maximum Gasteiger partial charge on any atom is 0.245 e. The largest absolute Gasteiger partial charge is 0.340 e. The lowest BCUT2D eigenvalue weighted by Gasteiger charge is -2.31. The van der Waals surface area contributed by atoms with E-state index in [9.17, 15) is 9.59 Å². The number of hydrogen-bond donors (Lipinski definition) is 2. The highest BCUT2D eigenvalue weighted by Gasteiger charge is 2.38. The van der Waals surface area contributed by atoms with Gasteiger partial charge in [-0.1, -0.05) is 84.9 Å². The summed E-state index contributed by atoms with van der Waals surface area (Å²) in [4.78, 5) is 61.5. The maximum atomic E-state index is 13.9. The smallest absolute Gasteiger partial charge is 0.245 e. The Morgan fingerprint density at radius 1 is 0.571 bits per heavy atom. The van der Waals surface area contributed by atoms with Gasteiger partial charge in [0.05, 0.1) is 35.9 Å². The standard InChI is InChI=1S/C44H48N10O2/c1-51(2)38(30-13-7-5-8-14-30)43(55)53-23-11-17-36(53)41-47-27-34(49-41)29-19-21-32(22-20-29)40-45-25-33(26-46-40)35-28-48-42(50-35)37-18-12-24-54(37)44(56)39(52(3)4)31-15-9-6-10-16-31/h5-10,13-16,19-22,25-28,36-39H,11-12,17-18,23-24H2,1-4H3,(H,47,49)(H,48,50)/t36-,37-,38-,39-/m1/s1. The maximum absolute atomic E-state index is 13.9. The second-order valence-electron chi connectivity index (χ2n) is 15.2. The van der Waals surface area contributed by atoms with Gasteiger partial charge in [-0.05, 0) is 70.6 Å². The van der Waals surface area contributed by atoms with Crippen LogP contribution in [0, 0.1) is 0 Å². The van der Waals surface area contributed by atoms with Gasteiger partial charge in [-0.15, -0.1) is 0 Å². The average Bonchev–Trinajstić information content (AvgIpc) is 4.06. The predicted octanol–water partition coefficient (Wildman–Crippen LogP) is 6.86. The van der Waals surface area contributed by atoms with Crippen molar-refractivity contribution in [2.45, 2.75) is 49.9 Å². The van der Waals surface area contributed by atoms with Crippen molar-refractivity contribution in [2.24, 2.45) is 0 Å². The number of likely N-dealkylation sites (tertiary alicyclic amines) is 2. The fraction of sp³-hybridized carbons (Fsp3) is 0.318. The summed E-state index contributed by atoms with van der Waals surface area (Å²) in [5, 5.41) is 0. The van der Waals surface area contributed by atoms with Crippen molar-refractivity contribution >= 4 is 11.8 Å². The number of benzene rings is 3. The first-order valence-corrected chi connectivity index (χ1v) is 19.3. The number of nitrogens with one attached hydrogen (secondary N) is 2. The molecule has 0 saturated carbocycles. The molecule has 0 unspecified atom stereocenters. The molecule has 0 spiro atoms. The van der Waals surface area contributed by atoms with Gasteiger partial charge in [0.2, 0.25) is 11.8 Å². The molecule has 2 aliphatic heterocycles. The highest BCUT2D eigenvalue weighted by atomic mass is 16.2. The Kier molecular flexibility index (Phi) is 10.6. The van der Waals surface area contributed by atoms with Crippen LogP contribution in [0.5, 0.6) is 0 Å². The number of hydrogen-bond acceptors (Lipinski definition) is 8. The second kappa shape index (κ2) is 16.0. The topological polar surface area (TPSA) is 130 Å². The highest BCUT2D eigenvalue weighted by Crippen LogP contribution is 2.37. The molecule has 2 amide bonds.